The molecule has 1 aromatic carbocycles. The molecule has 0 N–H and O–H groups in total. The Balaban J connectivity index is 2.35. The highest BCUT2D eigenvalue weighted by atomic mass is 16.1. The number of nitrogens with zero attached hydrogens (tertiary/aromatic N) is 2. The molecule has 3 nitrogen and oxygen atoms in total. The summed E-state index contributed by atoms with van der Waals surface area (Å²) in [5.41, 5.74) is 2.76. The molecule has 0 radical (unpaired) electrons. The first kappa shape index (κ1) is 13.8. The summed E-state index contributed by atoms with van der Waals surface area (Å²) >= 11 is 0. The number of carbonyl (C=O) groups excluding carboxylic acids is 1. The van der Waals surface area contributed by atoms with Crippen LogP contribution in [0, 0.1) is 5.41 Å². The Hall–Kier alpha value is -1.64. The molecule has 0 saturated carbocycles. The Kier molecular flexibility index (Phi) is 3.48. The van der Waals surface area contributed by atoms with Crippen LogP contribution in [0.25, 0.3) is 11.0 Å². The molecular weight excluding hydrogens is 236 g/mol. The summed E-state index contributed by atoms with van der Waals surface area (Å²) in [6, 6.07) is 6.19. The largest absolute Gasteiger partial charge is 0.328 e. The van der Waals surface area contributed by atoms with Gasteiger partial charge in [0.1, 0.15) is 0 Å². The molecule has 102 valence electrons. The minimum atomic E-state index is 0.0172. The standard InChI is InChI=1S/C16H22N2O/c1-11(2)18-10-17-13-8-12(6-7-14(13)18)15(19)9-16(3,4)5/h6-8,10-11H,9H2,1-5H3. The van der Waals surface area contributed by atoms with Crippen LogP contribution in [0.1, 0.15) is 57.4 Å². The molecule has 2 rings (SSSR count). The lowest BCUT2D eigenvalue weighted by Crippen LogP contribution is -2.13. The van der Waals surface area contributed by atoms with Crippen molar-refractivity contribution in [2.45, 2.75) is 47.1 Å². The van der Waals surface area contributed by atoms with Crippen molar-refractivity contribution >= 4 is 16.8 Å². The van der Waals surface area contributed by atoms with Gasteiger partial charge in [0.05, 0.1) is 17.4 Å². The molecule has 0 aliphatic carbocycles. The number of Topliss-reactive ketones (excluding diaryl/α,β-unsaturated/α-hetero) is 1. The first-order valence-corrected chi connectivity index (χ1v) is 6.78. The van der Waals surface area contributed by atoms with Crippen LogP contribution in [-0.4, -0.2) is 15.3 Å². The molecule has 0 unspecified atom stereocenters. The fraction of sp³-hybridized carbons (Fsp3) is 0.500. The zero-order valence-electron chi connectivity index (χ0n) is 12.4. The summed E-state index contributed by atoms with van der Waals surface area (Å²) in [5.74, 6) is 0.188. The molecule has 0 bridgehead atoms. The number of hydrogen-bond acceptors (Lipinski definition) is 2. The Bertz CT molecular complexity index is 603. The van der Waals surface area contributed by atoms with Gasteiger partial charge in [0.2, 0.25) is 0 Å². The van der Waals surface area contributed by atoms with Gasteiger partial charge in [-0.1, -0.05) is 20.8 Å². The van der Waals surface area contributed by atoms with Crippen LogP contribution in [-0.2, 0) is 0 Å². The van der Waals surface area contributed by atoms with E-state index in [2.05, 4.69) is 44.2 Å². The van der Waals surface area contributed by atoms with Gasteiger partial charge < -0.3 is 4.57 Å². The second-order valence-corrected chi connectivity index (χ2v) is 6.61. The number of hydrogen-bond donors (Lipinski definition) is 0. The predicted octanol–water partition coefficient (Wildman–Crippen LogP) is 4.24. The van der Waals surface area contributed by atoms with Crippen LogP contribution < -0.4 is 0 Å². The van der Waals surface area contributed by atoms with Crippen molar-refractivity contribution in [1.29, 1.82) is 0 Å². The van der Waals surface area contributed by atoms with Gasteiger partial charge in [-0.3, -0.25) is 4.79 Å². The lowest BCUT2D eigenvalue weighted by molar-refractivity contribution is 0.0940. The molecule has 2 aromatic rings. The highest BCUT2D eigenvalue weighted by Crippen LogP contribution is 2.24. The summed E-state index contributed by atoms with van der Waals surface area (Å²) in [5, 5.41) is 0. The summed E-state index contributed by atoms with van der Waals surface area (Å²) in [4.78, 5) is 16.6. The quantitative estimate of drug-likeness (QED) is 0.772. The first-order chi connectivity index (χ1) is 8.78. The van der Waals surface area contributed by atoms with Crippen LogP contribution in [0.4, 0.5) is 0 Å². The van der Waals surface area contributed by atoms with E-state index in [-0.39, 0.29) is 11.2 Å². The zero-order chi connectivity index (χ0) is 14.2. The van der Waals surface area contributed by atoms with Crippen molar-refractivity contribution in [3.8, 4) is 0 Å². The minimum Gasteiger partial charge on any atom is -0.328 e. The number of aromatic nitrogens is 2. The topological polar surface area (TPSA) is 34.9 Å². The van der Waals surface area contributed by atoms with Gasteiger partial charge in [-0.15, -0.1) is 0 Å². The van der Waals surface area contributed by atoms with Crippen molar-refractivity contribution in [2.24, 2.45) is 5.41 Å². The summed E-state index contributed by atoms with van der Waals surface area (Å²) in [6.45, 7) is 10.5. The van der Waals surface area contributed by atoms with Crippen molar-refractivity contribution in [3.63, 3.8) is 0 Å². The van der Waals surface area contributed by atoms with E-state index in [1.165, 1.54) is 0 Å². The summed E-state index contributed by atoms with van der Waals surface area (Å²) in [7, 11) is 0. The molecule has 0 atom stereocenters. The van der Waals surface area contributed by atoms with Gasteiger partial charge in [0.25, 0.3) is 0 Å². The third kappa shape index (κ3) is 3.03. The second kappa shape index (κ2) is 4.80. The molecule has 3 heteroatoms. The summed E-state index contributed by atoms with van der Waals surface area (Å²) < 4.78 is 2.12. The molecule has 0 amide bonds. The van der Waals surface area contributed by atoms with Crippen LogP contribution in [0.5, 0.6) is 0 Å². The smallest absolute Gasteiger partial charge is 0.163 e. The number of benzene rings is 1. The molecule has 1 heterocycles. The van der Waals surface area contributed by atoms with Crippen molar-refractivity contribution in [3.05, 3.63) is 30.1 Å². The van der Waals surface area contributed by atoms with Crippen LogP contribution in [0.3, 0.4) is 0 Å². The van der Waals surface area contributed by atoms with E-state index in [0.717, 1.165) is 16.6 Å². The Morgan fingerprint density at radius 3 is 2.58 bits per heavy atom. The highest BCUT2D eigenvalue weighted by molar-refractivity contribution is 5.99. The minimum absolute atomic E-state index is 0.0172. The van der Waals surface area contributed by atoms with Crippen molar-refractivity contribution < 1.29 is 4.79 Å². The van der Waals surface area contributed by atoms with Gasteiger partial charge in [0.15, 0.2) is 5.78 Å². The first-order valence-electron chi connectivity index (χ1n) is 6.78. The maximum atomic E-state index is 12.2. The average Bonchev–Trinajstić information content (AvgIpc) is 2.68. The number of carbonyl (C=O) groups is 1. The monoisotopic (exact) mass is 258 g/mol. The lowest BCUT2D eigenvalue weighted by atomic mass is 9.88. The average molecular weight is 258 g/mol. The van der Waals surface area contributed by atoms with Gasteiger partial charge >= 0.3 is 0 Å². The van der Waals surface area contributed by atoms with Crippen molar-refractivity contribution in [1.82, 2.24) is 9.55 Å². The van der Waals surface area contributed by atoms with Crippen LogP contribution >= 0.6 is 0 Å². The van der Waals surface area contributed by atoms with Gasteiger partial charge in [-0.25, -0.2) is 4.98 Å². The molecule has 19 heavy (non-hydrogen) atoms. The predicted molar refractivity (Wildman–Crippen MR) is 78.5 cm³/mol. The van der Waals surface area contributed by atoms with E-state index in [0.29, 0.717) is 12.5 Å². The molecular formula is C16H22N2O. The molecule has 0 saturated heterocycles. The van der Waals surface area contributed by atoms with E-state index >= 15 is 0 Å². The fourth-order valence-corrected chi connectivity index (χ4v) is 2.20. The number of ketones is 1. The third-order valence-corrected chi connectivity index (χ3v) is 3.14. The Morgan fingerprint density at radius 2 is 2.00 bits per heavy atom. The van der Waals surface area contributed by atoms with E-state index in [4.69, 9.17) is 0 Å². The highest BCUT2D eigenvalue weighted by Gasteiger charge is 2.18. The number of imidazole rings is 1. The van der Waals surface area contributed by atoms with Crippen LogP contribution in [0.2, 0.25) is 0 Å². The maximum Gasteiger partial charge on any atom is 0.163 e. The lowest BCUT2D eigenvalue weighted by Gasteiger charge is -2.16. The fourth-order valence-electron chi connectivity index (χ4n) is 2.20. The van der Waals surface area contributed by atoms with Crippen LogP contribution in [0.15, 0.2) is 24.5 Å². The van der Waals surface area contributed by atoms with E-state index in [1.807, 2.05) is 24.5 Å². The molecule has 0 spiro atoms. The molecule has 0 aliphatic rings. The Morgan fingerprint density at radius 1 is 1.32 bits per heavy atom. The molecule has 0 aliphatic heterocycles. The Labute approximate surface area is 114 Å². The van der Waals surface area contributed by atoms with Gasteiger partial charge in [0, 0.05) is 18.0 Å². The normalized spacial score (nSPS) is 12.3. The van der Waals surface area contributed by atoms with Gasteiger partial charge in [-0.05, 0) is 37.5 Å². The number of rotatable bonds is 3. The van der Waals surface area contributed by atoms with Gasteiger partial charge in [-0.2, -0.15) is 0 Å². The number of fused-ring (bicyclic) bond motifs is 1. The summed E-state index contributed by atoms with van der Waals surface area (Å²) in [6.07, 6.45) is 2.40. The van der Waals surface area contributed by atoms with E-state index < -0.39 is 0 Å². The zero-order valence-corrected chi connectivity index (χ0v) is 12.4. The molecule has 0 fully saturated rings. The second-order valence-electron chi connectivity index (χ2n) is 6.61. The van der Waals surface area contributed by atoms with E-state index in [1.54, 1.807) is 0 Å². The van der Waals surface area contributed by atoms with Crippen molar-refractivity contribution in [2.75, 3.05) is 0 Å². The SMILES string of the molecule is CC(C)n1cnc2cc(C(=O)CC(C)(C)C)ccc21. The maximum absolute atomic E-state index is 12.2. The third-order valence-electron chi connectivity index (χ3n) is 3.14. The van der Waals surface area contributed by atoms with E-state index in [9.17, 15) is 4.79 Å². The molecule has 1 aromatic heterocycles.